The van der Waals surface area contributed by atoms with E-state index in [2.05, 4.69) is 10.0 Å². The number of anilines is 1. The highest BCUT2D eigenvalue weighted by molar-refractivity contribution is 7.89. The molecule has 0 heterocycles. The fourth-order valence-corrected chi connectivity index (χ4v) is 4.78. The molecule has 0 saturated heterocycles. The van der Waals surface area contributed by atoms with E-state index in [1.807, 2.05) is 13.0 Å². The summed E-state index contributed by atoms with van der Waals surface area (Å²) in [5.41, 5.74) is 1.80. The van der Waals surface area contributed by atoms with Gasteiger partial charge in [-0.15, -0.1) is 0 Å². The molecule has 35 heavy (non-hydrogen) atoms. The van der Waals surface area contributed by atoms with E-state index in [1.165, 1.54) is 25.3 Å². The summed E-state index contributed by atoms with van der Waals surface area (Å²) in [6.07, 6.45) is 0.0995. The second kappa shape index (κ2) is 11.6. The minimum atomic E-state index is -4.06. The molecule has 2 N–H and O–H groups in total. The Morgan fingerprint density at radius 2 is 1.66 bits per heavy atom. The van der Waals surface area contributed by atoms with Gasteiger partial charge >= 0.3 is 5.97 Å². The highest BCUT2D eigenvalue weighted by Gasteiger charge is 2.27. The second-order valence-electron chi connectivity index (χ2n) is 7.75. The molecule has 3 aromatic carbocycles. The molecule has 3 rings (SSSR count). The van der Waals surface area contributed by atoms with Crippen molar-refractivity contribution in [2.75, 3.05) is 19.0 Å². The quantitative estimate of drug-likeness (QED) is 0.414. The summed E-state index contributed by atoms with van der Waals surface area (Å²) in [5, 5.41) is 2.67. The predicted octanol–water partition coefficient (Wildman–Crippen LogP) is 3.71. The van der Waals surface area contributed by atoms with E-state index in [-0.39, 0.29) is 22.6 Å². The van der Waals surface area contributed by atoms with Crippen molar-refractivity contribution in [1.82, 2.24) is 4.72 Å². The first-order chi connectivity index (χ1) is 16.7. The van der Waals surface area contributed by atoms with Crippen LogP contribution >= 0.6 is 0 Å². The number of methoxy groups -OCH3 is 1. The Kier molecular flexibility index (Phi) is 8.62. The number of carbonyl (C=O) groups excluding carboxylic acids is 2. The average molecular weight is 497 g/mol. The Hall–Kier alpha value is -3.69. The molecule has 0 fully saturated rings. The number of para-hydroxylation sites is 1. The zero-order chi connectivity index (χ0) is 25.4. The molecule has 0 bridgehead atoms. The number of rotatable bonds is 10. The maximum atomic E-state index is 13.3. The van der Waals surface area contributed by atoms with Gasteiger partial charge in [-0.2, -0.15) is 4.72 Å². The van der Waals surface area contributed by atoms with Crippen LogP contribution in [0.25, 0.3) is 0 Å². The smallest absolute Gasteiger partial charge is 0.339 e. The van der Waals surface area contributed by atoms with Gasteiger partial charge in [-0.05, 0) is 61.7 Å². The number of carbonyl (C=O) groups is 2. The summed E-state index contributed by atoms with van der Waals surface area (Å²) in [7, 11) is -2.82. The third-order valence-corrected chi connectivity index (χ3v) is 6.71. The first-order valence-corrected chi connectivity index (χ1v) is 12.5. The minimum absolute atomic E-state index is 0.0132. The number of benzene rings is 3. The van der Waals surface area contributed by atoms with Crippen LogP contribution in [0.5, 0.6) is 5.75 Å². The highest BCUT2D eigenvalue weighted by Crippen LogP contribution is 2.23. The summed E-state index contributed by atoms with van der Waals surface area (Å²) >= 11 is 0. The van der Waals surface area contributed by atoms with Crippen LogP contribution in [-0.4, -0.2) is 40.1 Å². The van der Waals surface area contributed by atoms with Crippen LogP contribution in [0.2, 0.25) is 0 Å². The maximum absolute atomic E-state index is 13.3. The molecule has 0 spiro atoms. The van der Waals surface area contributed by atoms with E-state index in [0.29, 0.717) is 17.9 Å². The van der Waals surface area contributed by atoms with Crippen molar-refractivity contribution < 1.29 is 27.5 Å². The summed E-state index contributed by atoms with van der Waals surface area (Å²) in [5.74, 6) is -0.646. The van der Waals surface area contributed by atoms with Crippen LogP contribution in [0.1, 0.15) is 28.4 Å². The Morgan fingerprint density at radius 3 is 2.31 bits per heavy atom. The van der Waals surface area contributed by atoms with Gasteiger partial charge in [-0.3, -0.25) is 4.79 Å². The van der Waals surface area contributed by atoms with E-state index in [9.17, 15) is 18.0 Å². The van der Waals surface area contributed by atoms with Crippen molar-refractivity contribution >= 4 is 27.6 Å². The molecule has 0 aliphatic carbocycles. The van der Waals surface area contributed by atoms with Gasteiger partial charge in [0, 0.05) is 0 Å². The standard InChI is InChI=1S/C26H28N2O6S/c1-4-34-24-15-14-20(16-18(24)2)35(31,32)28-23(17-19-10-6-5-7-11-19)25(29)27-22-13-9-8-12-21(22)26(30)33-3/h5-16,23,28H,4,17H2,1-3H3,(H,27,29). The van der Waals surface area contributed by atoms with E-state index in [4.69, 9.17) is 9.47 Å². The number of hydrogen-bond donors (Lipinski definition) is 2. The first-order valence-electron chi connectivity index (χ1n) is 11.0. The van der Waals surface area contributed by atoms with Crippen LogP contribution in [0.4, 0.5) is 5.69 Å². The number of aryl methyl sites for hydroxylation is 1. The maximum Gasteiger partial charge on any atom is 0.339 e. The van der Waals surface area contributed by atoms with E-state index < -0.39 is 27.9 Å². The second-order valence-corrected chi connectivity index (χ2v) is 9.46. The SMILES string of the molecule is CCOc1ccc(S(=O)(=O)NC(Cc2ccccc2)C(=O)Nc2ccccc2C(=O)OC)cc1C. The third-order valence-electron chi connectivity index (χ3n) is 5.24. The normalized spacial score (nSPS) is 12.0. The Labute approximate surface area is 205 Å². The largest absolute Gasteiger partial charge is 0.494 e. The Morgan fingerprint density at radius 1 is 0.971 bits per heavy atom. The lowest BCUT2D eigenvalue weighted by Crippen LogP contribution is -2.45. The van der Waals surface area contributed by atoms with Gasteiger partial charge in [0.15, 0.2) is 0 Å². The number of amides is 1. The lowest BCUT2D eigenvalue weighted by molar-refractivity contribution is -0.117. The molecule has 1 unspecified atom stereocenters. The van der Waals surface area contributed by atoms with Gasteiger partial charge in [0.2, 0.25) is 15.9 Å². The number of ether oxygens (including phenoxy) is 2. The molecule has 1 atom stereocenters. The lowest BCUT2D eigenvalue weighted by atomic mass is 10.1. The van der Waals surface area contributed by atoms with Crippen molar-refractivity contribution in [3.63, 3.8) is 0 Å². The molecule has 0 aliphatic rings. The van der Waals surface area contributed by atoms with Gasteiger partial charge in [-0.1, -0.05) is 42.5 Å². The first kappa shape index (κ1) is 25.9. The summed E-state index contributed by atoms with van der Waals surface area (Å²) in [6.45, 7) is 4.05. The topological polar surface area (TPSA) is 111 Å². The minimum Gasteiger partial charge on any atom is -0.494 e. The van der Waals surface area contributed by atoms with Gasteiger partial charge < -0.3 is 14.8 Å². The molecule has 9 heteroatoms. The van der Waals surface area contributed by atoms with E-state index in [0.717, 1.165) is 5.56 Å². The number of hydrogen-bond acceptors (Lipinski definition) is 6. The summed E-state index contributed by atoms with van der Waals surface area (Å²) in [4.78, 5) is 25.4. The highest BCUT2D eigenvalue weighted by atomic mass is 32.2. The van der Waals surface area contributed by atoms with Crippen LogP contribution in [0.15, 0.2) is 77.7 Å². The molecule has 3 aromatic rings. The molecule has 0 aromatic heterocycles. The van der Waals surface area contributed by atoms with Gasteiger partial charge in [-0.25, -0.2) is 13.2 Å². The fourth-order valence-electron chi connectivity index (χ4n) is 3.50. The van der Waals surface area contributed by atoms with E-state index >= 15 is 0 Å². The molecule has 0 saturated carbocycles. The van der Waals surface area contributed by atoms with Crippen LogP contribution in [-0.2, 0) is 26.0 Å². The van der Waals surface area contributed by atoms with Crippen LogP contribution in [0.3, 0.4) is 0 Å². The predicted molar refractivity (Wildman–Crippen MR) is 133 cm³/mol. The molecule has 1 amide bonds. The zero-order valence-electron chi connectivity index (χ0n) is 19.8. The van der Waals surface area contributed by atoms with Crippen molar-refractivity contribution in [3.05, 3.63) is 89.5 Å². The number of sulfonamides is 1. The van der Waals surface area contributed by atoms with Crippen LogP contribution < -0.4 is 14.8 Å². The lowest BCUT2D eigenvalue weighted by Gasteiger charge is -2.20. The monoisotopic (exact) mass is 496 g/mol. The zero-order valence-corrected chi connectivity index (χ0v) is 20.6. The van der Waals surface area contributed by atoms with Crippen LogP contribution in [0, 0.1) is 6.92 Å². The molecule has 8 nitrogen and oxygen atoms in total. The number of esters is 1. The number of nitrogens with one attached hydrogen (secondary N) is 2. The molecular formula is C26H28N2O6S. The third kappa shape index (κ3) is 6.68. The van der Waals surface area contributed by atoms with Crippen molar-refractivity contribution in [2.24, 2.45) is 0 Å². The summed E-state index contributed by atoms with van der Waals surface area (Å²) in [6, 6.07) is 18.8. The van der Waals surface area contributed by atoms with Crippen molar-refractivity contribution in [2.45, 2.75) is 31.2 Å². The Bertz CT molecular complexity index is 1290. The van der Waals surface area contributed by atoms with Gasteiger partial charge in [0.1, 0.15) is 11.8 Å². The average Bonchev–Trinajstić information content (AvgIpc) is 2.85. The van der Waals surface area contributed by atoms with E-state index in [1.54, 1.807) is 55.5 Å². The van der Waals surface area contributed by atoms with Crippen molar-refractivity contribution in [1.29, 1.82) is 0 Å². The van der Waals surface area contributed by atoms with Gasteiger partial charge in [0.05, 0.1) is 29.9 Å². The van der Waals surface area contributed by atoms with Crippen molar-refractivity contribution in [3.8, 4) is 5.75 Å². The molecule has 184 valence electrons. The summed E-state index contributed by atoms with van der Waals surface area (Å²) < 4.78 is 39.2. The molecule has 0 aliphatic heterocycles. The van der Waals surface area contributed by atoms with Gasteiger partial charge in [0.25, 0.3) is 0 Å². The fraction of sp³-hybridized carbons (Fsp3) is 0.231. The molecule has 0 radical (unpaired) electrons. The molecular weight excluding hydrogens is 468 g/mol. The Balaban J connectivity index is 1.91.